The van der Waals surface area contributed by atoms with Gasteiger partial charge in [0.05, 0.1) is 5.69 Å². The molecule has 7 nitrogen and oxygen atoms in total. The Morgan fingerprint density at radius 1 is 1.27 bits per heavy atom. The molecule has 9 heteroatoms. The van der Waals surface area contributed by atoms with Gasteiger partial charge in [0.1, 0.15) is 0 Å². The molecule has 4 N–H and O–H groups in total. The lowest BCUT2D eigenvalue weighted by Crippen LogP contribution is -2.11. The molecule has 3 rings (SSSR count). The Balaban J connectivity index is 1.73. The third-order valence-electron chi connectivity index (χ3n) is 2.60. The summed E-state index contributed by atoms with van der Waals surface area (Å²) in [6, 6.07) is 11.0. The maximum Gasteiger partial charge on any atom is 0.252 e. The molecule has 0 spiro atoms. The second-order valence-electron chi connectivity index (χ2n) is 4.27. The van der Waals surface area contributed by atoms with Crippen molar-refractivity contribution in [2.45, 2.75) is 10.1 Å². The van der Waals surface area contributed by atoms with E-state index in [0.717, 1.165) is 10.0 Å². The van der Waals surface area contributed by atoms with Crippen LogP contribution in [0, 0.1) is 0 Å². The summed E-state index contributed by atoms with van der Waals surface area (Å²) in [4.78, 5) is 18.8. The van der Waals surface area contributed by atoms with E-state index in [-0.39, 0.29) is 5.56 Å². The molecule has 0 saturated carbocycles. The minimum Gasteiger partial charge on any atom is -0.374 e. The van der Waals surface area contributed by atoms with Gasteiger partial charge in [-0.25, -0.2) is 4.98 Å². The molecule has 3 aromatic rings. The monoisotopic (exact) mass is 332 g/mol. The van der Waals surface area contributed by atoms with Crippen LogP contribution in [0.15, 0.2) is 45.5 Å². The van der Waals surface area contributed by atoms with Crippen molar-refractivity contribution >= 4 is 39.9 Å². The Morgan fingerprint density at radius 3 is 2.82 bits per heavy atom. The van der Waals surface area contributed by atoms with Gasteiger partial charge in [0.15, 0.2) is 4.34 Å². The normalized spacial score (nSPS) is 10.5. The van der Waals surface area contributed by atoms with E-state index >= 15 is 0 Å². The molecule has 0 saturated heterocycles. The van der Waals surface area contributed by atoms with Crippen LogP contribution in [0.5, 0.6) is 0 Å². The van der Waals surface area contributed by atoms with Crippen LogP contribution in [0.3, 0.4) is 0 Å². The number of hydrogen-bond acceptors (Lipinski definition) is 8. The molecule has 22 heavy (non-hydrogen) atoms. The van der Waals surface area contributed by atoms with Crippen molar-refractivity contribution in [3.63, 3.8) is 0 Å². The van der Waals surface area contributed by atoms with Crippen LogP contribution in [-0.2, 0) is 5.75 Å². The second kappa shape index (κ2) is 6.58. The van der Waals surface area contributed by atoms with Crippen molar-refractivity contribution in [3.05, 3.63) is 52.4 Å². The highest BCUT2D eigenvalue weighted by Crippen LogP contribution is 2.26. The van der Waals surface area contributed by atoms with Gasteiger partial charge in [-0.2, -0.15) is 0 Å². The van der Waals surface area contributed by atoms with Crippen LogP contribution in [-0.4, -0.2) is 20.2 Å². The van der Waals surface area contributed by atoms with Gasteiger partial charge >= 0.3 is 0 Å². The van der Waals surface area contributed by atoms with E-state index in [4.69, 9.17) is 5.73 Å². The number of nitrogens with two attached hydrogens (primary N) is 1. The summed E-state index contributed by atoms with van der Waals surface area (Å²) in [5.74, 6) is 0.924. The number of H-pyrrole nitrogens is 1. The van der Waals surface area contributed by atoms with Crippen molar-refractivity contribution in [3.8, 4) is 0 Å². The smallest absolute Gasteiger partial charge is 0.252 e. The summed E-state index contributed by atoms with van der Waals surface area (Å²) in [5.41, 5.74) is 6.83. The molecule has 0 aliphatic rings. The number of rotatable bonds is 5. The third kappa shape index (κ3) is 3.83. The molecule has 0 amide bonds. The number of nitrogen functional groups attached to an aromatic ring is 1. The summed E-state index contributed by atoms with van der Waals surface area (Å²) in [5, 5.41) is 11.2. The fourth-order valence-corrected chi connectivity index (χ4v) is 3.24. The van der Waals surface area contributed by atoms with E-state index < -0.39 is 0 Å². The number of benzene rings is 1. The third-order valence-corrected chi connectivity index (χ3v) is 4.52. The summed E-state index contributed by atoms with van der Waals surface area (Å²) >= 11 is 2.75. The van der Waals surface area contributed by atoms with E-state index in [0.29, 0.717) is 22.5 Å². The van der Waals surface area contributed by atoms with Gasteiger partial charge in [-0.1, -0.05) is 41.3 Å². The first-order valence-corrected chi connectivity index (χ1v) is 8.13. The molecular formula is C13H12N6OS2. The van der Waals surface area contributed by atoms with Gasteiger partial charge in [-0.3, -0.25) is 9.78 Å². The lowest BCUT2D eigenvalue weighted by atomic mass is 10.3. The number of hydrogen-bond donors (Lipinski definition) is 3. The predicted molar refractivity (Wildman–Crippen MR) is 88.5 cm³/mol. The first-order valence-electron chi connectivity index (χ1n) is 6.33. The standard InChI is InChI=1S/C13H12N6OS2/c14-11-18-19-13(22-11)21-7-9-6-10(20)17-12(16-9)15-8-4-2-1-3-5-8/h1-6H,7H2,(H2,14,18)(H2,15,16,17,20). The minimum atomic E-state index is -0.208. The topological polar surface area (TPSA) is 110 Å². The molecule has 1 aromatic carbocycles. The summed E-state index contributed by atoms with van der Waals surface area (Å²) < 4.78 is 0.747. The molecule has 0 fully saturated rings. The quantitative estimate of drug-likeness (QED) is 0.615. The highest BCUT2D eigenvalue weighted by molar-refractivity contribution is 8.00. The molecule has 0 bridgehead atoms. The van der Waals surface area contributed by atoms with Gasteiger partial charge < -0.3 is 11.1 Å². The van der Waals surface area contributed by atoms with Gasteiger partial charge in [0, 0.05) is 17.5 Å². The average Bonchev–Trinajstić information content (AvgIpc) is 2.91. The highest BCUT2D eigenvalue weighted by atomic mass is 32.2. The number of aromatic nitrogens is 4. The van der Waals surface area contributed by atoms with Gasteiger partial charge in [-0.05, 0) is 12.1 Å². The highest BCUT2D eigenvalue weighted by Gasteiger charge is 2.06. The van der Waals surface area contributed by atoms with Crippen LogP contribution >= 0.6 is 23.1 Å². The molecular weight excluding hydrogens is 320 g/mol. The number of aromatic amines is 1. The Kier molecular flexibility index (Phi) is 4.35. The maximum atomic E-state index is 11.7. The second-order valence-corrected chi connectivity index (χ2v) is 6.50. The molecule has 2 heterocycles. The molecule has 0 radical (unpaired) electrons. The molecule has 2 aromatic heterocycles. The molecule has 0 unspecified atom stereocenters. The van der Waals surface area contributed by atoms with E-state index in [2.05, 4.69) is 25.5 Å². The van der Waals surface area contributed by atoms with E-state index in [1.54, 1.807) is 0 Å². The van der Waals surface area contributed by atoms with Crippen LogP contribution in [0.4, 0.5) is 16.8 Å². The summed E-state index contributed by atoms with van der Waals surface area (Å²) in [6.45, 7) is 0. The Labute approximate surface area is 134 Å². The number of thioether (sulfide) groups is 1. The van der Waals surface area contributed by atoms with Crippen LogP contribution in [0.2, 0.25) is 0 Å². The zero-order chi connectivity index (χ0) is 15.4. The van der Waals surface area contributed by atoms with Crippen molar-refractivity contribution in [1.82, 2.24) is 20.2 Å². The molecule has 0 aliphatic heterocycles. The maximum absolute atomic E-state index is 11.7. The predicted octanol–water partition coefficient (Wildman–Crippen LogP) is 2.24. The van der Waals surface area contributed by atoms with Crippen LogP contribution in [0.1, 0.15) is 5.69 Å². The number of nitrogens with zero attached hydrogens (tertiary/aromatic N) is 3. The number of para-hydroxylation sites is 1. The first kappa shape index (κ1) is 14.5. The van der Waals surface area contributed by atoms with Gasteiger partial charge in [-0.15, -0.1) is 10.2 Å². The molecule has 0 atom stereocenters. The zero-order valence-corrected chi connectivity index (χ0v) is 12.9. The summed E-state index contributed by atoms with van der Waals surface area (Å²) in [6.07, 6.45) is 0. The van der Waals surface area contributed by atoms with Crippen LogP contribution < -0.4 is 16.6 Å². The Bertz CT molecular complexity index is 817. The fraction of sp³-hybridized carbons (Fsp3) is 0.0769. The minimum absolute atomic E-state index is 0.208. The van der Waals surface area contributed by atoms with E-state index in [1.165, 1.54) is 29.2 Å². The Hall–Kier alpha value is -2.39. The first-order chi connectivity index (χ1) is 10.7. The zero-order valence-electron chi connectivity index (χ0n) is 11.3. The van der Waals surface area contributed by atoms with E-state index in [1.807, 2.05) is 30.3 Å². The van der Waals surface area contributed by atoms with Crippen LogP contribution in [0.25, 0.3) is 0 Å². The Morgan fingerprint density at radius 2 is 2.09 bits per heavy atom. The van der Waals surface area contributed by atoms with Gasteiger partial charge in [0.2, 0.25) is 11.1 Å². The fourth-order valence-electron chi connectivity index (χ4n) is 1.71. The van der Waals surface area contributed by atoms with Crippen molar-refractivity contribution in [1.29, 1.82) is 0 Å². The summed E-state index contributed by atoms with van der Waals surface area (Å²) in [7, 11) is 0. The number of anilines is 3. The van der Waals surface area contributed by atoms with Gasteiger partial charge in [0.25, 0.3) is 5.56 Å². The number of nitrogens with one attached hydrogen (secondary N) is 2. The van der Waals surface area contributed by atoms with Crippen molar-refractivity contribution < 1.29 is 0 Å². The molecule has 0 aliphatic carbocycles. The van der Waals surface area contributed by atoms with Crippen molar-refractivity contribution in [2.24, 2.45) is 0 Å². The largest absolute Gasteiger partial charge is 0.374 e. The molecule has 112 valence electrons. The lowest BCUT2D eigenvalue weighted by molar-refractivity contribution is 1.01. The lowest BCUT2D eigenvalue weighted by Gasteiger charge is -2.06. The SMILES string of the molecule is Nc1nnc(SCc2cc(=O)[nH]c(Nc3ccccc3)n2)s1. The average molecular weight is 332 g/mol. The van der Waals surface area contributed by atoms with Crippen molar-refractivity contribution in [2.75, 3.05) is 11.1 Å². The van der Waals surface area contributed by atoms with E-state index in [9.17, 15) is 4.79 Å².